The Morgan fingerprint density at radius 3 is 1.94 bits per heavy atom. The van der Waals surface area contributed by atoms with Gasteiger partial charge in [0.25, 0.3) is 0 Å². The summed E-state index contributed by atoms with van der Waals surface area (Å²) in [5, 5.41) is 0. The van der Waals surface area contributed by atoms with Crippen molar-refractivity contribution in [3.8, 4) is 22.3 Å². The van der Waals surface area contributed by atoms with Gasteiger partial charge < -0.3 is 4.90 Å². The predicted octanol–water partition coefficient (Wildman–Crippen LogP) is 8.91. The average Bonchev–Trinajstić information content (AvgIpc) is 3.24. The number of aryl methyl sites for hydroxylation is 5. The molecule has 0 spiro atoms. The Morgan fingerprint density at radius 1 is 0.618 bits per heavy atom. The van der Waals surface area contributed by atoms with E-state index >= 15 is 0 Å². The second-order valence-corrected chi connectivity index (χ2v) is 10.6. The van der Waals surface area contributed by atoms with Crippen molar-refractivity contribution in [3.05, 3.63) is 112 Å². The molecule has 4 aromatic carbocycles. The fourth-order valence-corrected chi connectivity index (χ4v) is 7.05. The maximum atomic E-state index is 2.53. The van der Waals surface area contributed by atoms with E-state index in [1.165, 1.54) is 77.5 Å². The van der Waals surface area contributed by atoms with Gasteiger partial charge in [0.1, 0.15) is 0 Å². The molecule has 0 fully saturated rings. The third-order valence-corrected chi connectivity index (χ3v) is 8.38. The zero-order valence-corrected chi connectivity index (χ0v) is 21.3. The van der Waals surface area contributed by atoms with Crippen LogP contribution in [0.5, 0.6) is 0 Å². The molecule has 34 heavy (non-hydrogen) atoms. The summed E-state index contributed by atoms with van der Waals surface area (Å²) in [6, 6.07) is 27.3. The lowest BCUT2D eigenvalue weighted by molar-refractivity contribution is 1.18. The Hall–Kier alpha value is -3.23. The summed E-state index contributed by atoms with van der Waals surface area (Å²) in [6.45, 7) is 11.1. The number of hydrogen-bond acceptors (Lipinski definition) is 2. The Labute approximate surface area is 207 Å². The van der Waals surface area contributed by atoms with Gasteiger partial charge in [-0.2, -0.15) is 0 Å². The zero-order valence-electron chi connectivity index (χ0n) is 20.5. The molecule has 0 bridgehead atoms. The van der Waals surface area contributed by atoms with Crippen LogP contribution in [-0.2, 0) is 0 Å². The van der Waals surface area contributed by atoms with Crippen molar-refractivity contribution in [2.24, 2.45) is 0 Å². The van der Waals surface area contributed by atoms with Crippen molar-refractivity contribution in [3.63, 3.8) is 0 Å². The molecule has 0 saturated carbocycles. The van der Waals surface area contributed by atoms with Crippen LogP contribution in [0.3, 0.4) is 0 Å². The fraction of sp³-hybridized carbons (Fsp3) is 0.188. The minimum atomic E-state index is 0.951. The second-order valence-electron chi connectivity index (χ2n) is 9.69. The number of anilines is 1. The fourth-order valence-electron chi connectivity index (χ4n) is 5.71. The lowest BCUT2D eigenvalue weighted by Gasteiger charge is -2.32. The molecule has 0 saturated heterocycles. The van der Waals surface area contributed by atoms with Gasteiger partial charge in [-0.15, -0.1) is 11.8 Å². The molecule has 0 N–H and O–H groups in total. The maximum Gasteiger partial charge on any atom is 0.0736 e. The van der Waals surface area contributed by atoms with Crippen molar-refractivity contribution in [1.29, 1.82) is 0 Å². The number of hydrogen-bond donors (Lipinski definition) is 0. The van der Waals surface area contributed by atoms with E-state index in [0.29, 0.717) is 0 Å². The van der Waals surface area contributed by atoms with Crippen molar-refractivity contribution < 1.29 is 0 Å². The van der Waals surface area contributed by atoms with Crippen LogP contribution in [0.15, 0.2) is 72.8 Å². The highest BCUT2D eigenvalue weighted by Gasteiger charge is 2.35. The molecular formula is C32H29NS. The Balaban J connectivity index is 1.66. The molecule has 168 valence electrons. The summed E-state index contributed by atoms with van der Waals surface area (Å²) in [5.74, 6) is 0.951. The number of fused-ring (bicyclic) bond motifs is 6. The molecule has 2 aliphatic heterocycles. The van der Waals surface area contributed by atoms with Crippen molar-refractivity contribution in [2.75, 3.05) is 10.8 Å². The second kappa shape index (κ2) is 7.92. The average molecular weight is 460 g/mol. The van der Waals surface area contributed by atoms with E-state index in [0.717, 1.165) is 5.88 Å². The van der Waals surface area contributed by atoms with Crippen molar-refractivity contribution >= 4 is 28.1 Å². The van der Waals surface area contributed by atoms with Gasteiger partial charge >= 0.3 is 0 Å². The standard InChI is InChI=1S/C32H29NS/c1-19-12-15-28-27(16-19)26-17-24(29-20(2)8-6-9-21(29)3)13-14-25(26)31-32(34-18-33(28)31)30-22(4)10-7-11-23(30)5/h6-17H,18H2,1-5H3. The molecule has 2 aliphatic rings. The Morgan fingerprint density at radius 2 is 1.26 bits per heavy atom. The number of benzene rings is 4. The predicted molar refractivity (Wildman–Crippen MR) is 149 cm³/mol. The van der Waals surface area contributed by atoms with E-state index in [2.05, 4.69) is 112 Å². The van der Waals surface area contributed by atoms with E-state index in [4.69, 9.17) is 0 Å². The van der Waals surface area contributed by atoms with Crippen LogP contribution in [0, 0.1) is 34.6 Å². The Bertz CT molecular complexity index is 1470. The first kappa shape index (κ1) is 21.3. The van der Waals surface area contributed by atoms with E-state index < -0.39 is 0 Å². The van der Waals surface area contributed by atoms with E-state index in [-0.39, 0.29) is 0 Å². The highest BCUT2D eigenvalue weighted by Crippen LogP contribution is 2.55. The highest BCUT2D eigenvalue weighted by molar-refractivity contribution is 8.09. The summed E-state index contributed by atoms with van der Waals surface area (Å²) in [4.78, 5) is 3.93. The molecule has 0 atom stereocenters. The number of rotatable bonds is 2. The molecule has 2 heterocycles. The first-order valence-corrected chi connectivity index (χ1v) is 13.0. The molecule has 4 aromatic rings. The lowest BCUT2D eigenvalue weighted by Crippen LogP contribution is -2.22. The van der Waals surface area contributed by atoms with Gasteiger partial charge in [0.15, 0.2) is 0 Å². The SMILES string of the molecule is Cc1ccc2c(c1)-c1cc(-c3c(C)cccc3C)ccc1C1=C(c3c(C)cccc3C)SCN12. The molecule has 0 aliphatic carbocycles. The highest BCUT2D eigenvalue weighted by atomic mass is 32.2. The molecule has 1 nitrogen and oxygen atoms in total. The molecule has 0 radical (unpaired) electrons. The topological polar surface area (TPSA) is 3.24 Å². The first-order valence-electron chi connectivity index (χ1n) is 12.0. The first-order chi connectivity index (χ1) is 16.4. The number of thioether (sulfide) groups is 1. The summed E-state index contributed by atoms with van der Waals surface area (Å²) in [6.07, 6.45) is 0. The minimum absolute atomic E-state index is 0.951. The Kier molecular flexibility index (Phi) is 4.97. The van der Waals surface area contributed by atoms with Gasteiger partial charge in [0.2, 0.25) is 0 Å². The molecule has 0 unspecified atom stereocenters. The summed E-state index contributed by atoms with van der Waals surface area (Å²) in [5.41, 5.74) is 17.4. The maximum absolute atomic E-state index is 2.53. The zero-order chi connectivity index (χ0) is 23.6. The van der Waals surface area contributed by atoms with Crippen LogP contribution in [0.25, 0.3) is 32.9 Å². The van der Waals surface area contributed by atoms with Crippen LogP contribution < -0.4 is 4.90 Å². The van der Waals surface area contributed by atoms with Gasteiger partial charge in [-0.1, -0.05) is 60.2 Å². The van der Waals surface area contributed by atoms with Gasteiger partial charge in [0.05, 0.1) is 11.6 Å². The monoisotopic (exact) mass is 459 g/mol. The van der Waals surface area contributed by atoms with E-state index in [9.17, 15) is 0 Å². The molecule has 0 aromatic heterocycles. The largest absolute Gasteiger partial charge is 0.329 e. The van der Waals surface area contributed by atoms with Gasteiger partial charge in [-0.05, 0) is 97.3 Å². The van der Waals surface area contributed by atoms with Crippen molar-refractivity contribution in [2.45, 2.75) is 34.6 Å². The molecule has 0 amide bonds. The molecule has 6 rings (SSSR count). The van der Waals surface area contributed by atoms with Crippen molar-refractivity contribution in [1.82, 2.24) is 0 Å². The number of nitrogens with zero attached hydrogens (tertiary/aromatic N) is 1. The van der Waals surface area contributed by atoms with Crippen LogP contribution in [0.1, 0.15) is 38.9 Å². The van der Waals surface area contributed by atoms with Crippen LogP contribution in [-0.4, -0.2) is 5.88 Å². The van der Waals surface area contributed by atoms with Crippen LogP contribution >= 0.6 is 11.8 Å². The minimum Gasteiger partial charge on any atom is -0.329 e. The summed E-state index contributed by atoms with van der Waals surface area (Å²) >= 11 is 1.97. The third-order valence-electron chi connectivity index (χ3n) is 7.31. The molecule has 2 heteroatoms. The van der Waals surface area contributed by atoms with Gasteiger partial charge in [-0.3, -0.25) is 0 Å². The summed E-state index contributed by atoms with van der Waals surface area (Å²) in [7, 11) is 0. The smallest absolute Gasteiger partial charge is 0.0736 e. The molecular weight excluding hydrogens is 430 g/mol. The van der Waals surface area contributed by atoms with Gasteiger partial charge in [0, 0.05) is 21.7 Å². The van der Waals surface area contributed by atoms with Crippen LogP contribution in [0.4, 0.5) is 5.69 Å². The quantitative estimate of drug-likeness (QED) is 0.294. The normalized spacial score (nSPS) is 14.2. The van der Waals surface area contributed by atoms with Gasteiger partial charge in [-0.25, -0.2) is 0 Å². The van der Waals surface area contributed by atoms with E-state index in [1.807, 2.05) is 11.8 Å². The summed E-state index contributed by atoms with van der Waals surface area (Å²) < 4.78 is 0. The van der Waals surface area contributed by atoms with E-state index in [1.54, 1.807) is 0 Å². The lowest BCUT2D eigenvalue weighted by atomic mass is 9.85. The third kappa shape index (κ3) is 3.16. The van der Waals surface area contributed by atoms with Crippen LogP contribution in [0.2, 0.25) is 0 Å².